The number of aryl methyl sites for hydroxylation is 1. The third-order valence-corrected chi connectivity index (χ3v) is 4.37. The Morgan fingerprint density at radius 3 is 2.40 bits per heavy atom. The molecule has 15 heavy (non-hydrogen) atoms. The summed E-state index contributed by atoms with van der Waals surface area (Å²) in [6, 6.07) is 10.1. The van der Waals surface area contributed by atoms with Crippen LogP contribution in [0.3, 0.4) is 0 Å². The zero-order valence-corrected chi connectivity index (χ0v) is 11.4. The lowest BCUT2D eigenvalue weighted by Gasteiger charge is -2.24. The molecule has 1 aromatic carbocycles. The predicted octanol–water partition coefficient (Wildman–Crippen LogP) is 3.38. The van der Waals surface area contributed by atoms with Crippen LogP contribution in [-0.4, -0.2) is 14.6 Å². The third kappa shape index (κ3) is 4.18. The topological polar surface area (TPSA) is 26.0 Å². The summed E-state index contributed by atoms with van der Waals surface area (Å²) in [5, 5.41) is 0. The summed E-state index contributed by atoms with van der Waals surface area (Å²) >= 11 is 0. The summed E-state index contributed by atoms with van der Waals surface area (Å²) in [6.45, 7) is 10.1. The molecule has 0 bridgehead atoms. The number of hydrogen-bond donors (Lipinski definition) is 1. The molecule has 0 aliphatic carbocycles. The van der Waals surface area contributed by atoms with Gasteiger partial charge >= 0.3 is 0 Å². The maximum absolute atomic E-state index is 5.88. The molecule has 2 heteroatoms. The van der Waals surface area contributed by atoms with Crippen molar-refractivity contribution >= 4 is 8.07 Å². The van der Waals surface area contributed by atoms with Gasteiger partial charge in [-0.1, -0.05) is 49.5 Å². The molecule has 0 spiro atoms. The van der Waals surface area contributed by atoms with E-state index in [1.165, 1.54) is 17.2 Å². The molecule has 0 amide bonds. The van der Waals surface area contributed by atoms with Crippen LogP contribution >= 0.6 is 0 Å². The fraction of sp³-hybridized carbons (Fsp3) is 0.538. The van der Waals surface area contributed by atoms with Crippen molar-refractivity contribution < 1.29 is 0 Å². The normalized spacial score (nSPS) is 13.9. The highest BCUT2D eigenvalue weighted by molar-refractivity contribution is 6.76. The highest BCUT2D eigenvalue weighted by atomic mass is 28.3. The lowest BCUT2D eigenvalue weighted by atomic mass is 9.99. The SMILES string of the molecule is Cc1cccc(C(CN)C[Si](C)(C)C)c1. The Labute approximate surface area is 94.7 Å². The molecule has 0 fully saturated rings. The standard InChI is InChI=1S/C13H23NSi/c1-11-6-5-7-12(8-11)13(9-14)10-15(2,3)4/h5-8,13H,9-10,14H2,1-4H3. The lowest BCUT2D eigenvalue weighted by Crippen LogP contribution is -2.26. The summed E-state index contributed by atoms with van der Waals surface area (Å²) in [4.78, 5) is 0. The van der Waals surface area contributed by atoms with Gasteiger partial charge in [0.05, 0.1) is 0 Å². The van der Waals surface area contributed by atoms with E-state index in [0.717, 1.165) is 6.54 Å². The first kappa shape index (κ1) is 12.5. The van der Waals surface area contributed by atoms with Crippen molar-refractivity contribution in [1.82, 2.24) is 0 Å². The summed E-state index contributed by atoms with van der Waals surface area (Å²) in [5.74, 6) is 0.552. The summed E-state index contributed by atoms with van der Waals surface area (Å²) < 4.78 is 0. The largest absolute Gasteiger partial charge is 0.330 e. The van der Waals surface area contributed by atoms with Crippen LogP contribution in [0.5, 0.6) is 0 Å². The summed E-state index contributed by atoms with van der Waals surface area (Å²) in [6.07, 6.45) is 0. The maximum atomic E-state index is 5.88. The lowest BCUT2D eigenvalue weighted by molar-refractivity contribution is 0.759. The molecule has 84 valence electrons. The monoisotopic (exact) mass is 221 g/mol. The van der Waals surface area contributed by atoms with E-state index in [0.29, 0.717) is 5.92 Å². The van der Waals surface area contributed by atoms with Crippen molar-refractivity contribution in [3.8, 4) is 0 Å². The highest BCUT2D eigenvalue weighted by Crippen LogP contribution is 2.26. The Bertz CT molecular complexity index is 315. The van der Waals surface area contributed by atoms with E-state index in [4.69, 9.17) is 5.73 Å². The second-order valence-electron chi connectivity index (χ2n) is 5.61. The van der Waals surface area contributed by atoms with Gasteiger partial charge in [0.15, 0.2) is 0 Å². The van der Waals surface area contributed by atoms with Gasteiger partial charge < -0.3 is 5.73 Å². The van der Waals surface area contributed by atoms with Crippen LogP contribution < -0.4 is 5.73 Å². The van der Waals surface area contributed by atoms with Gasteiger partial charge in [0.25, 0.3) is 0 Å². The second-order valence-corrected chi connectivity index (χ2v) is 11.1. The van der Waals surface area contributed by atoms with Gasteiger partial charge in [0, 0.05) is 8.07 Å². The van der Waals surface area contributed by atoms with Crippen molar-refractivity contribution in [2.45, 2.75) is 38.5 Å². The third-order valence-electron chi connectivity index (χ3n) is 2.66. The number of hydrogen-bond acceptors (Lipinski definition) is 1. The number of benzene rings is 1. The average Bonchev–Trinajstić information content (AvgIpc) is 2.13. The Kier molecular flexibility index (Phi) is 4.11. The molecule has 2 N–H and O–H groups in total. The van der Waals surface area contributed by atoms with Crippen molar-refractivity contribution in [1.29, 1.82) is 0 Å². The van der Waals surface area contributed by atoms with E-state index in [1.807, 2.05) is 0 Å². The zero-order valence-electron chi connectivity index (χ0n) is 10.4. The Balaban J connectivity index is 2.83. The maximum Gasteiger partial charge on any atom is 0.0449 e. The molecule has 1 rings (SSSR count). The van der Waals surface area contributed by atoms with Crippen molar-refractivity contribution in [3.05, 3.63) is 35.4 Å². The minimum absolute atomic E-state index is 0.552. The molecule has 0 aromatic heterocycles. The van der Waals surface area contributed by atoms with Crippen LogP contribution in [0.15, 0.2) is 24.3 Å². The van der Waals surface area contributed by atoms with E-state index < -0.39 is 8.07 Å². The molecule has 0 radical (unpaired) electrons. The smallest absolute Gasteiger partial charge is 0.0449 e. The van der Waals surface area contributed by atoms with Crippen LogP contribution in [-0.2, 0) is 0 Å². The molecule has 0 saturated carbocycles. The zero-order chi connectivity index (χ0) is 11.5. The van der Waals surface area contributed by atoms with Crippen LogP contribution in [0.4, 0.5) is 0 Å². The first-order valence-corrected chi connectivity index (χ1v) is 9.40. The van der Waals surface area contributed by atoms with Gasteiger partial charge in [-0.3, -0.25) is 0 Å². The fourth-order valence-electron chi connectivity index (χ4n) is 2.00. The molecular weight excluding hydrogens is 198 g/mol. The fourth-order valence-corrected chi connectivity index (χ4v) is 3.88. The Hall–Kier alpha value is -0.603. The van der Waals surface area contributed by atoms with Gasteiger partial charge in [-0.2, -0.15) is 0 Å². The van der Waals surface area contributed by atoms with E-state index >= 15 is 0 Å². The first-order valence-electron chi connectivity index (χ1n) is 5.69. The van der Waals surface area contributed by atoms with Gasteiger partial charge in [-0.15, -0.1) is 0 Å². The van der Waals surface area contributed by atoms with Crippen LogP contribution in [0.2, 0.25) is 25.7 Å². The van der Waals surface area contributed by atoms with Crippen LogP contribution in [0.1, 0.15) is 17.0 Å². The molecule has 0 saturated heterocycles. The van der Waals surface area contributed by atoms with E-state index in [9.17, 15) is 0 Å². The quantitative estimate of drug-likeness (QED) is 0.775. The second kappa shape index (κ2) is 4.95. The molecule has 0 aliphatic heterocycles. The molecule has 0 aliphatic rings. The predicted molar refractivity (Wildman–Crippen MR) is 71.1 cm³/mol. The molecule has 1 nitrogen and oxygen atoms in total. The van der Waals surface area contributed by atoms with E-state index in [2.05, 4.69) is 50.8 Å². The minimum Gasteiger partial charge on any atom is -0.330 e. The number of rotatable bonds is 4. The van der Waals surface area contributed by atoms with Gasteiger partial charge in [-0.05, 0) is 31.0 Å². The average molecular weight is 221 g/mol. The van der Waals surface area contributed by atoms with E-state index in [-0.39, 0.29) is 0 Å². The molecule has 0 heterocycles. The van der Waals surface area contributed by atoms with Crippen molar-refractivity contribution in [2.24, 2.45) is 5.73 Å². The molecule has 1 unspecified atom stereocenters. The highest BCUT2D eigenvalue weighted by Gasteiger charge is 2.20. The van der Waals surface area contributed by atoms with Gasteiger partial charge in [0.2, 0.25) is 0 Å². The van der Waals surface area contributed by atoms with Gasteiger partial charge in [-0.25, -0.2) is 0 Å². The Morgan fingerprint density at radius 2 is 1.93 bits per heavy atom. The summed E-state index contributed by atoms with van der Waals surface area (Å²) in [5.41, 5.74) is 8.64. The molecule has 1 atom stereocenters. The Morgan fingerprint density at radius 1 is 1.27 bits per heavy atom. The van der Waals surface area contributed by atoms with Crippen molar-refractivity contribution in [2.75, 3.05) is 6.54 Å². The first-order chi connectivity index (χ1) is 6.92. The number of nitrogens with two attached hydrogens (primary N) is 1. The molecular formula is C13H23NSi. The minimum atomic E-state index is -1.02. The summed E-state index contributed by atoms with van der Waals surface area (Å²) in [7, 11) is -1.02. The van der Waals surface area contributed by atoms with E-state index in [1.54, 1.807) is 0 Å². The van der Waals surface area contributed by atoms with Crippen molar-refractivity contribution in [3.63, 3.8) is 0 Å². The van der Waals surface area contributed by atoms with Crippen LogP contribution in [0, 0.1) is 6.92 Å². The van der Waals surface area contributed by atoms with Gasteiger partial charge in [0.1, 0.15) is 0 Å². The van der Waals surface area contributed by atoms with Crippen LogP contribution in [0.25, 0.3) is 0 Å². The molecule has 1 aromatic rings.